The second kappa shape index (κ2) is 7.49. The maximum Gasteiger partial charge on any atom is 0.330 e. The Morgan fingerprint density at radius 3 is 2.76 bits per heavy atom. The third kappa shape index (κ3) is 4.06. The molecule has 130 valence electrons. The summed E-state index contributed by atoms with van der Waals surface area (Å²) in [5.41, 5.74) is 2.45. The van der Waals surface area contributed by atoms with E-state index in [2.05, 4.69) is 0 Å². The first-order chi connectivity index (χ1) is 12.1. The van der Waals surface area contributed by atoms with Gasteiger partial charge in [0.1, 0.15) is 5.75 Å². The number of rotatable bonds is 5. The van der Waals surface area contributed by atoms with Gasteiger partial charge in [-0.15, -0.1) is 0 Å². The predicted molar refractivity (Wildman–Crippen MR) is 94.2 cm³/mol. The molecule has 2 aromatic rings. The van der Waals surface area contributed by atoms with Crippen LogP contribution in [-0.2, 0) is 16.0 Å². The number of fused-ring (bicyclic) bond motifs is 1. The SMILES string of the molecule is CCOC(=O)/C=C/c1ccc(O)cc1Cc1cc2c(cc1Cl)OCO2. The minimum Gasteiger partial charge on any atom is -0.508 e. The van der Waals surface area contributed by atoms with Gasteiger partial charge in [-0.1, -0.05) is 17.7 Å². The van der Waals surface area contributed by atoms with E-state index in [0.717, 1.165) is 16.7 Å². The fourth-order valence-electron chi connectivity index (χ4n) is 2.56. The lowest BCUT2D eigenvalue weighted by Gasteiger charge is -2.10. The minimum atomic E-state index is -0.414. The second-order valence-corrected chi connectivity index (χ2v) is 5.85. The van der Waals surface area contributed by atoms with Gasteiger partial charge in [0.15, 0.2) is 11.5 Å². The molecule has 0 bridgehead atoms. The van der Waals surface area contributed by atoms with Crippen LogP contribution in [0.4, 0.5) is 0 Å². The van der Waals surface area contributed by atoms with Gasteiger partial charge in [0.25, 0.3) is 0 Å². The van der Waals surface area contributed by atoms with Gasteiger partial charge < -0.3 is 19.3 Å². The maximum atomic E-state index is 11.5. The van der Waals surface area contributed by atoms with E-state index in [0.29, 0.717) is 29.5 Å². The highest BCUT2D eigenvalue weighted by atomic mass is 35.5. The zero-order valence-corrected chi connectivity index (χ0v) is 14.4. The Morgan fingerprint density at radius 1 is 1.24 bits per heavy atom. The molecule has 25 heavy (non-hydrogen) atoms. The monoisotopic (exact) mass is 360 g/mol. The molecule has 0 aliphatic carbocycles. The number of phenols is 1. The first-order valence-electron chi connectivity index (χ1n) is 7.81. The molecule has 6 heteroatoms. The molecule has 2 aromatic carbocycles. The number of benzene rings is 2. The molecule has 1 heterocycles. The summed E-state index contributed by atoms with van der Waals surface area (Å²) in [6, 6.07) is 8.49. The van der Waals surface area contributed by atoms with Crippen LogP contribution in [-0.4, -0.2) is 24.5 Å². The number of esters is 1. The molecule has 0 amide bonds. The van der Waals surface area contributed by atoms with E-state index in [9.17, 15) is 9.90 Å². The number of hydrogen-bond acceptors (Lipinski definition) is 5. The molecule has 3 rings (SSSR count). The number of hydrogen-bond donors (Lipinski definition) is 1. The number of carbonyl (C=O) groups is 1. The van der Waals surface area contributed by atoms with Crippen molar-refractivity contribution in [1.29, 1.82) is 0 Å². The maximum absolute atomic E-state index is 11.5. The number of ether oxygens (including phenoxy) is 3. The Balaban J connectivity index is 1.89. The Bertz CT molecular complexity index is 829. The molecule has 0 atom stereocenters. The molecule has 0 fully saturated rings. The van der Waals surface area contributed by atoms with E-state index in [1.54, 1.807) is 37.3 Å². The van der Waals surface area contributed by atoms with Gasteiger partial charge in [-0.05, 0) is 54.3 Å². The highest BCUT2D eigenvalue weighted by molar-refractivity contribution is 6.31. The number of aromatic hydroxyl groups is 1. The lowest BCUT2D eigenvalue weighted by molar-refractivity contribution is -0.137. The highest BCUT2D eigenvalue weighted by Crippen LogP contribution is 2.38. The summed E-state index contributed by atoms with van der Waals surface area (Å²) in [5, 5.41) is 10.4. The number of phenolic OH excluding ortho intramolecular Hbond substituents is 1. The normalized spacial score (nSPS) is 12.6. The van der Waals surface area contributed by atoms with Gasteiger partial charge in [-0.2, -0.15) is 0 Å². The van der Waals surface area contributed by atoms with Crippen LogP contribution in [0.25, 0.3) is 6.08 Å². The second-order valence-electron chi connectivity index (χ2n) is 5.44. The van der Waals surface area contributed by atoms with Crippen molar-refractivity contribution in [2.45, 2.75) is 13.3 Å². The third-order valence-electron chi connectivity index (χ3n) is 3.73. The summed E-state index contributed by atoms with van der Waals surface area (Å²) in [6.07, 6.45) is 3.49. The molecule has 1 N–H and O–H groups in total. The van der Waals surface area contributed by atoms with E-state index in [1.807, 2.05) is 6.07 Å². The van der Waals surface area contributed by atoms with Crippen molar-refractivity contribution >= 4 is 23.6 Å². The molecule has 0 aromatic heterocycles. The predicted octanol–water partition coefficient (Wildman–Crippen LogP) is 3.94. The van der Waals surface area contributed by atoms with Gasteiger partial charge >= 0.3 is 5.97 Å². The van der Waals surface area contributed by atoms with Crippen molar-refractivity contribution in [2.75, 3.05) is 13.4 Å². The van der Waals surface area contributed by atoms with Crippen molar-refractivity contribution in [1.82, 2.24) is 0 Å². The Kier molecular flexibility index (Phi) is 5.14. The standard InChI is InChI=1S/C19H17ClO5/c1-2-23-19(22)6-4-12-3-5-15(21)8-13(12)7-14-9-17-18(10-16(14)20)25-11-24-17/h3-6,8-10,21H,2,7,11H2,1H3/b6-4+. The van der Waals surface area contributed by atoms with Crippen LogP contribution in [0.15, 0.2) is 36.4 Å². The van der Waals surface area contributed by atoms with Gasteiger partial charge in [0, 0.05) is 17.2 Å². The Labute approximate surface area is 150 Å². The van der Waals surface area contributed by atoms with Crippen LogP contribution >= 0.6 is 11.6 Å². The van der Waals surface area contributed by atoms with Gasteiger partial charge in [0.2, 0.25) is 6.79 Å². The van der Waals surface area contributed by atoms with E-state index < -0.39 is 5.97 Å². The van der Waals surface area contributed by atoms with Crippen LogP contribution in [0, 0.1) is 0 Å². The summed E-state index contributed by atoms with van der Waals surface area (Å²) in [4.78, 5) is 11.5. The van der Waals surface area contributed by atoms with E-state index >= 15 is 0 Å². The van der Waals surface area contributed by atoms with Crippen molar-refractivity contribution in [3.63, 3.8) is 0 Å². The van der Waals surface area contributed by atoms with E-state index in [4.69, 9.17) is 25.8 Å². The fourth-order valence-corrected chi connectivity index (χ4v) is 2.78. The summed E-state index contributed by atoms with van der Waals surface area (Å²) in [5.74, 6) is 0.984. The van der Waals surface area contributed by atoms with Gasteiger partial charge in [-0.3, -0.25) is 0 Å². The third-order valence-corrected chi connectivity index (χ3v) is 4.09. The summed E-state index contributed by atoms with van der Waals surface area (Å²) in [7, 11) is 0. The zero-order chi connectivity index (χ0) is 17.8. The highest BCUT2D eigenvalue weighted by Gasteiger charge is 2.17. The van der Waals surface area contributed by atoms with Crippen LogP contribution in [0.2, 0.25) is 5.02 Å². The summed E-state index contributed by atoms with van der Waals surface area (Å²) < 4.78 is 15.6. The molecule has 0 saturated carbocycles. The lowest BCUT2D eigenvalue weighted by Crippen LogP contribution is -1.99. The smallest absolute Gasteiger partial charge is 0.330 e. The first-order valence-corrected chi connectivity index (χ1v) is 8.19. The van der Waals surface area contributed by atoms with Crippen molar-refractivity contribution in [3.05, 3.63) is 58.1 Å². The molecule has 0 unspecified atom stereocenters. The molecule has 1 aliphatic heterocycles. The first kappa shape index (κ1) is 17.2. The van der Waals surface area contributed by atoms with Gasteiger partial charge in [0.05, 0.1) is 6.61 Å². The van der Waals surface area contributed by atoms with Crippen LogP contribution < -0.4 is 9.47 Å². The number of halogens is 1. The van der Waals surface area contributed by atoms with E-state index in [1.165, 1.54) is 6.08 Å². The van der Waals surface area contributed by atoms with Crippen molar-refractivity contribution in [3.8, 4) is 17.2 Å². The summed E-state index contributed by atoms with van der Waals surface area (Å²) >= 11 is 6.33. The minimum absolute atomic E-state index is 0.139. The Hall–Kier alpha value is -2.66. The van der Waals surface area contributed by atoms with Gasteiger partial charge in [-0.25, -0.2) is 4.79 Å². The zero-order valence-electron chi connectivity index (χ0n) is 13.6. The quantitative estimate of drug-likeness (QED) is 0.646. The molecule has 0 spiro atoms. The lowest BCUT2D eigenvalue weighted by atomic mass is 9.98. The van der Waals surface area contributed by atoms with Crippen molar-refractivity contribution < 1.29 is 24.1 Å². The average Bonchev–Trinajstić information content (AvgIpc) is 3.02. The molecule has 0 radical (unpaired) electrons. The Morgan fingerprint density at radius 2 is 2.00 bits per heavy atom. The molecule has 0 saturated heterocycles. The average molecular weight is 361 g/mol. The largest absolute Gasteiger partial charge is 0.508 e. The van der Waals surface area contributed by atoms with Crippen LogP contribution in [0.1, 0.15) is 23.6 Å². The fraction of sp³-hybridized carbons (Fsp3) is 0.211. The molecular weight excluding hydrogens is 344 g/mol. The molecule has 5 nitrogen and oxygen atoms in total. The molecular formula is C19H17ClO5. The summed E-state index contributed by atoms with van der Waals surface area (Å²) in [6.45, 7) is 2.24. The number of carbonyl (C=O) groups excluding carboxylic acids is 1. The van der Waals surface area contributed by atoms with Crippen molar-refractivity contribution in [2.24, 2.45) is 0 Å². The van der Waals surface area contributed by atoms with E-state index in [-0.39, 0.29) is 12.5 Å². The topological polar surface area (TPSA) is 65.0 Å². The van der Waals surface area contributed by atoms with Crippen LogP contribution in [0.5, 0.6) is 17.2 Å². The molecule has 1 aliphatic rings. The van der Waals surface area contributed by atoms with Crippen LogP contribution in [0.3, 0.4) is 0 Å².